The number of aromatic nitrogens is 6. The van der Waals surface area contributed by atoms with Gasteiger partial charge in [-0.15, -0.1) is 22.7 Å². The minimum Gasteiger partial charge on any atom is -0.465 e. The Hall–Kier alpha value is -5.50. The lowest BCUT2D eigenvalue weighted by Crippen LogP contribution is -2.43. The van der Waals surface area contributed by atoms with Crippen LogP contribution >= 0.6 is 45.9 Å². The number of thiazole rings is 2. The van der Waals surface area contributed by atoms with Gasteiger partial charge in [-0.2, -0.15) is 28.7 Å². The van der Waals surface area contributed by atoms with Gasteiger partial charge in [0, 0.05) is 42.7 Å². The van der Waals surface area contributed by atoms with Crippen molar-refractivity contribution in [3.05, 3.63) is 55.4 Å². The molecule has 27 heteroatoms. The lowest BCUT2D eigenvalue weighted by Gasteiger charge is -2.24. The molecule has 1 unspecified atom stereocenters. The first-order valence-corrected chi connectivity index (χ1v) is 24.8. The summed E-state index contributed by atoms with van der Waals surface area (Å²) in [7, 11) is 0. The summed E-state index contributed by atoms with van der Waals surface area (Å²) in [5, 5.41) is 24.1. The van der Waals surface area contributed by atoms with Crippen LogP contribution in [0.15, 0.2) is 23.2 Å². The molecule has 4 amide bonds. The van der Waals surface area contributed by atoms with E-state index in [4.69, 9.17) is 37.8 Å². The van der Waals surface area contributed by atoms with Gasteiger partial charge < -0.3 is 35.8 Å². The summed E-state index contributed by atoms with van der Waals surface area (Å²) in [6, 6.07) is 0. The average molecular weight is 1030 g/mol. The first kappa shape index (κ1) is 51.9. The zero-order valence-corrected chi connectivity index (χ0v) is 40.0. The Balaban J connectivity index is 0.000000228. The Bertz CT molecular complexity index is 2240. The summed E-state index contributed by atoms with van der Waals surface area (Å²) in [5.41, 5.74) is 9.88. The molecule has 4 aromatic heterocycles. The number of hydrazine groups is 2. The van der Waals surface area contributed by atoms with Gasteiger partial charge in [0.05, 0.1) is 31.5 Å². The predicted octanol–water partition coefficient (Wildman–Crippen LogP) is 7.48. The highest BCUT2D eigenvalue weighted by Crippen LogP contribution is 2.32. The number of alkyl carbamates (subject to hydrolysis) is 1. The normalized spacial score (nSPS) is 16.9. The number of halogens is 4. The number of anilines is 4. The Morgan fingerprint density at radius 2 is 1.15 bits per heavy atom. The smallest absolute Gasteiger partial charge is 0.409 e. The summed E-state index contributed by atoms with van der Waals surface area (Å²) in [6.45, 7) is 1.10. The van der Waals surface area contributed by atoms with Crippen LogP contribution in [0.2, 0.25) is 10.6 Å². The van der Waals surface area contributed by atoms with E-state index in [1.807, 2.05) is 5.38 Å². The van der Waals surface area contributed by atoms with Gasteiger partial charge >= 0.3 is 12.2 Å². The van der Waals surface area contributed by atoms with Crippen molar-refractivity contribution in [2.24, 2.45) is 23.7 Å². The molecule has 370 valence electrons. The van der Waals surface area contributed by atoms with Gasteiger partial charge in [-0.25, -0.2) is 19.6 Å². The molecule has 0 aromatic carbocycles. The summed E-state index contributed by atoms with van der Waals surface area (Å²) in [4.78, 5) is 72.4. The molecule has 1 saturated heterocycles. The number of nitrogens with one attached hydrogen (secondary N) is 8. The maximum atomic E-state index is 15.0. The lowest BCUT2D eigenvalue weighted by atomic mass is 9.92. The SMILES string of the molecule is O=C(NC[C@@H](CC1CCCC1)C(=O)NNc1nc(Cl)nc(NCc2nccs2)c1F)OC1CCCCO1.O=C(O)NC[C@@H](CC1CCCC1)C(=O)NNc1nc(Cl)nc(NCc2nccs2)c1F. The number of rotatable bonds is 21. The molecular weight excluding hydrogens is 974 g/mol. The van der Waals surface area contributed by atoms with Crippen LogP contribution in [0.25, 0.3) is 0 Å². The van der Waals surface area contributed by atoms with E-state index in [-0.39, 0.29) is 60.0 Å². The molecule has 3 atom stereocenters. The topological polar surface area (TPSA) is 281 Å². The van der Waals surface area contributed by atoms with Crippen LogP contribution in [0.4, 0.5) is 41.6 Å². The molecule has 0 spiro atoms. The van der Waals surface area contributed by atoms with Crippen molar-refractivity contribution in [1.29, 1.82) is 0 Å². The molecule has 9 N–H and O–H groups in total. The molecule has 3 fully saturated rings. The van der Waals surface area contributed by atoms with E-state index >= 15 is 0 Å². The van der Waals surface area contributed by atoms with Crippen molar-refractivity contribution in [2.75, 3.05) is 41.2 Å². The number of nitrogens with zero attached hydrogens (tertiary/aromatic N) is 6. The van der Waals surface area contributed by atoms with Crippen LogP contribution in [-0.4, -0.2) is 85.0 Å². The number of ether oxygens (including phenoxy) is 2. The molecule has 5 heterocycles. The van der Waals surface area contributed by atoms with E-state index in [0.29, 0.717) is 37.7 Å². The van der Waals surface area contributed by atoms with Crippen LogP contribution in [0.3, 0.4) is 0 Å². The molecule has 3 aliphatic rings. The molecule has 2 aliphatic carbocycles. The monoisotopic (exact) mass is 1030 g/mol. The highest BCUT2D eigenvalue weighted by molar-refractivity contribution is 7.09. The predicted molar refractivity (Wildman–Crippen MR) is 251 cm³/mol. The average Bonchev–Trinajstić information content (AvgIpc) is 4.19. The first-order chi connectivity index (χ1) is 32.9. The summed E-state index contributed by atoms with van der Waals surface area (Å²) in [6.07, 6.45) is 13.0. The van der Waals surface area contributed by atoms with Gasteiger partial charge in [0.25, 0.3) is 0 Å². The number of carboxylic acid groups (broad SMARTS) is 1. The van der Waals surface area contributed by atoms with Crippen molar-refractivity contribution < 1.29 is 42.5 Å². The maximum Gasteiger partial charge on any atom is 0.409 e. The number of amides is 4. The summed E-state index contributed by atoms with van der Waals surface area (Å²) >= 11 is 14.7. The standard InChI is InChI=1S/C23H31ClFN7O4S.C18H23ClFN7O3S/c24-22-29-19(27-13-16-26-8-10-37-16)18(25)20(30-22)31-32-21(33)15(11-14-5-1-2-6-14)12-28-23(34)36-17-7-3-4-9-35-17;19-17-24-14(22-9-12-21-5-6-31-12)13(20)15(25-17)26-27-16(28)11(8-23-18(29)30)7-10-3-1-2-4-10/h8,10,14-15,17H,1-7,9,11-13H2,(H,28,34)(H,32,33)(H2,27,29,30,31);5-6,10-11,23H,1-4,7-9H2,(H,27,28)(H,29,30)(H2,22,24,25,26)/t15-,17?;11-/m11/s1. The van der Waals surface area contributed by atoms with E-state index < -0.39 is 53.8 Å². The number of carbonyl (C=O) groups is 4. The number of hydrogen-bond donors (Lipinski definition) is 9. The van der Waals surface area contributed by atoms with Crippen molar-refractivity contribution in [1.82, 2.24) is 51.4 Å². The third kappa shape index (κ3) is 16.9. The van der Waals surface area contributed by atoms with Crippen molar-refractivity contribution in [3.63, 3.8) is 0 Å². The fraction of sp³-hybridized carbons (Fsp3) is 0.561. The van der Waals surface area contributed by atoms with Gasteiger partial charge in [-0.1, -0.05) is 51.4 Å². The fourth-order valence-electron chi connectivity index (χ4n) is 7.93. The highest BCUT2D eigenvalue weighted by atomic mass is 35.5. The maximum absolute atomic E-state index is 15.0. The summed E-state index contributed by atoms with van der Waals surface area (Å²) in [5.74, 6) is -3.77. The third-order valence-electron chi connectivity index (χ3n) is 11.3. The van der Waals surface area contributed by atoms with Gasteiger partial charge in [-0.3, -0.25) is 31.3 Å². The van der Waals surface area contributed by atoms with E-state index in [9.17, 15) is 28.0 Å². The largest absolute Gasteiger partial charge is 0.465 e. The Labute approximate surface area is 408 Å². The van der Waals surface area contributed by atoms with Crippen LogP contribution < -0.4 is 43.0 Å². The van der Waals surface area contributed by atoms with Crippen molar-refractivity contribution >= 4 is 93.1 Å². The lowest BCUT2D eigenvalue weighted by molar-refractivity contribution is -0.128. The molecular formula is C41H54Cl2F2N14O7S2. The Kier molecular flexibility index (Phi) is 20.5. The highest BCUT2D eigenvalue weighted by Gasteiger charge is 2.29. The van der Waals surface area contributed by atoms with E-state index in [0.717, 1.165) is 74.2 Å². The van der Waals surface area contributed by atoms with Gasteiger partial charge in [0.15, 0.2) is 23.3 Å². The van der Waals surface area contributed by atoms with Crippen molar-refractivity contribution in [2.45, 2.75) is 103 Å². The minimum atomic E-state index is -1.21. The quantitative estimate of drug-likeness (QED) is 0.0289. The molecule has 2 saturated carbocycles. The van der Waals surface area contributed by atoms with E-state index in [1.54, 1.807) is 17.8 Å². The first-order valence-electron chi connectivity index (χ1n) is 22.2. The van der Waals surface area contributed by atoms with Gasteiger partial charge in [0.2, 0.25) is 40.3 Å². The van der Waals surface area contributed by atoms with Crippen LogP contribution in [0.5, 0.6) is 0 Å². The van der Waals surface area contributed by atoms with Crippen LogP contribution in [0, 0.1) is 35.3 Å². The van der Waals surface area contributed by atoms with Crippen LogP contribution in [0.1, 0.15) is 93.5 Å². The minimum absolute atomic E-state index is 0.0347. The molecule has 68 heavy (non-hydrogen) atoms. The molecule has 21 nitrogen and oxygen atoms in total. The number of hydrogen-bond acceptors (Lipinski definition) is 18. The molecule has 0 radical (unpaired) electrons. The van der Waals surface area contributed by atoms with Crippen LogP contribution in [-0.2, 0) is 32.2 Å². The fourth-order valence-corrected chi connectivity index (χ4v) is 9.38. The van der Waals surface area contributed by atoms with Gasteiger partial charge in [0.1, 0.15) is 10.0 Å². The Morgan fingerprint density at radius 3 is 1.57 bits per heavy atom. The summed E-state index contributed by atoms with van der Waals surface area (Å²) < 4.78 is 40.5. The zero-order chi connectivity index (χ0) is 48.3. The van der Waals surface area contributed by atoms with Crippen molar-refractivity contribution in [3.8, 4) is 0 Å². The van der Waals surface area contributed by atoms with E-state index in [1.165, 1.54) is 22.7 Å². The molecule has 7 rings (SSSR count). The second-order valence-corrected chi connectivity index (χ2v) is 18.9. The second kappa shape index (κ2) is 26.9. The second-order valence-electron chi connectivity index (χ2n) is 16.2. The Morgan fingerprint density at radius 1 is 0.691 bits per heavy atom. The molecule has 4 aromatic rings. The molecule has 1 aliphatic heterocycles. The third-order valence-corrected chi connectivity index (χ3v) is 13.2. The van der Waals surface area contributed by atoms with E-state index in [2.05, 4.69) is 72.9 Å². The molecule has 0 bridgehead atoms. The van der Waals surface area contributed by atoms with Gasteiger partial charge in [-0.05, 0) is 60.7 Å². The number of carbonyl (C=O) groups excluding carboxylic acids is 3. The zero-order valence-electron chi connectivity index (χ0n) is 36.8.